The summed E-state index contributed by atoms with van der Waals surface area (Å²) in [4.78, 5) is 13.8. The molecule has 0 aliphatic carbocycles. The van der Waals surface area contributed by atoms with E-state index >= 15 is 0 Å². The molecule has 2 atom stereocenters. The molecule has 1 saturated heterocycles. The lowest BCUT2D eigenvalue weighted by Gasteiger charge is -2.24. The lowest BCUT2D eigenvalue weighted by atomic mass is 9.96. The van der Waals surface area contributed by atoms with Gasteiger partial charge < -0.3 is 10.2 Å². The van der Waals surface area contributed by atoms with Crippen molar-refractivity contribution in [2.75, 3.05) is 26.2 Å². The highest BCUT2D eigenvalue weighted by Crippen LogP contribution is 2.18. The van der Waals surface area contributed by atoms with Gasteiger partial charge in [0.2, 0.25) is 5.91 Å². The second-order valence-corrected chi connectivity index (χ2v) is 3.75. The van der Waals surface area contributed by atoms with Gasteiger partial charge in [0.1, 0.15) is 0 Å². The molecule has 0 unspecified atom stereocenters. The van der Waals surface area contributed by atoms with Gasteiger partial charge in [0.05, 0.1) is 5.92 Å². The van der Waals surface area contributed by atoms with Crippen molar-refractivity contribution in [3.8, 4) is 0 Å². The molecule has 3 heteroatoms. The summed E-state index contributed by atoms with van der Waals surface area (Å²) in [6.07, 6.45) is 0. The highest BCUT2D eigenvalue weighted by atomic mass is 16.2. The van der Waals surface area contributed by atoms with Crippen LogP contribution in [-0.4, -0.2) is 37.0 Å². The molecule has 1 fully saturated rings. The van der Waals surface area contributed by atoms with Gasteiger partial charge in [-0.15, -0.1) is 0 Å². The fraction of sp³-hybridized carbons (Fsp3) is 0.900. The van der Waals surface area contributed by atoms with Gasteiger partial charge in [-0.05, 0) is 26.3 Å². The van der Waals surface area contributed by atoms with E-state index in [2.05, 4.69) is 12.2 Å². The van der Waals surface area contributed by atoms with Crippen molar-refractivity contribution in [3.05, 3.63) is 0 Å². The second-order valence-electron chi connectivity index (χ2n) is 3.75. The van der Waals surface area contributed by atoms with Crippen molar-refractivity contribution in [3.63, 3.8) is 0 Å². The number of hydrogen-bond donors (Lipinski definition) is 1. The molecular weight excluding hydrogens is 164 g/mol. The molecule has 1 rings (SSSR count). The summed E-state index contributed by atoms with van der Waals surface area (Å²) < 4.78 is 0. The Morgan fingerprint density at radius 1 is 1.38 bits per heavy atom. The Hall–Kier alpha value is -0.570. The lowest BCUT2D eigenvalue weighted by Crippen LogP contribution is -2.38. The van der Waals surface area contributed by atoms with Gasteiger partial charge in [-0.1, -0.05) is 6.92 Å². The summed E-state index contributed by atoms with van der Waals surface area (Å²) in [6, 6.07) is 0. The monoisotopic (exact) mass is 184 g/mol. The van der Waals surface area contributed by atoms with Gasteiger partial charge in [0.15, 0.2) is 0 Å². The first kappa shape index (κ1) is 10.5. The predicted molar refractivity (Wildman–Crippen MR) is 53.5 cm³/mol. The number of nitrogens with one attached hydrogen (secondary N) is 1. The maximum absolute atomic E-state index is 11.9. The zero-order chi connectivity index (χ0) is 9.84. The van der Waals surface area contributed by atoms with E-state index in [9.17, 15) is 4.79 Å². The van der Waals surface area contributed by atoms with E-state index in [1.807, 2.05) is 18.7 Å². The third-order valence-electron chi connectivity index (χ3n) is 2.91. The molecule has 1 heterocycles. The van der Waals surface area contributed by atoms with Crippen molar-refractivity contribution < 1.29 is 4.79 Å². The lowest BCUT2D eigenvalue weighted by molar-refractivity contribution is -0.135. The standard InChI is InChI=1S/C10H20N2O/c1-4-12(5-2)10(13)9-7-11-6-8(9)3/h8-9,11H,4-7H2,1-3H3/t8-,9-/m1/s1. The van der Waals surface area contributed by atoms with Crippen molar-refractivity contribution in [1.29, 1.82) is 0 Å². The third kappa shape index (κ3) is 2.21. The zero-order valence-electron chi connectivity index (χ0n) is 8.84. The molecule has 0 radical (unpaired) electrons. The third-order valence-corrected chi connectivity index (χ3v) is 2.91. The van der Waals surface area contributed by atoms with Crippen LogP contribution in [-0.2, 0) is 4.79 Å². The van der Waals surface area contributed by atoms with Crippen LogP contribution < -0.4 is 5.32 Å². The Balaban J connectivity index is 2.54. The van der Waals surface area contributed by atoms with Crippen molar-refractivity contribution in [1.82, 2.24) is 10.2 Å². The first-order valence-electron chi connectivity index (χ1n) is 5.20. The van der Waals surface area contributed by atoms with Crippen molar-refractivity contribution in [2.45, 2.75) is 20.8 Å². The summed E-state index contributed by atoms with van der Waals surface area (Å²) in [7, 11) is 0. The van der Waals surface area contributed by atoms with Gasteiger partial charge in [-0.2, -0.15) is 0 Å². The van der Waals surface area contributed by atoms with Gasteiger partial charge in [0, 0.05) is 19.6 Å². The van der Waals surface area contributed by atoms with Crippen LogP contribution in [0.2, 0.25) is 0 Å². The molecule has 0 aromatic carbocycles. The predicted octanol–water partition coefficient (Wildman–Crippen LogP) is 0.710. The van der Waals surface area contributed by atoms with E-state index in [1.54, 1.807) is 0 Å². The molecule has 3 nitrogen and oxygen atoms in total. The molecule has 0 spiro atoms. The van der Waals surface area contributed by atoms with E-state index in [0.29, 0.717) is 11.8 Å². The molecule has 1 aliphatic rings. The number of nitrogens with zero attached hydrogens (tertiary/aromatic N) is 1. The van der Waals surface area contributed by atoms with E-state index in [4.69, 9.17) is 0 Å². The Morgan fingerprint density at radius 3 is 2.38 bits per heavy atom. The SMILES string of the molecule is CCN(CC)C(=O)[C@@H]1CNC[C@H]1C. The molecule has 13 heavy (non-hydrogen) atoms. The quantitative estimate of drug-likeness (QED) is 0.700. The largest absolute Gasteiger partial charge is 0.343 e. The number of amides is 1. The van der Waals surface area contributed by atoms with Crippen molar-refractivity contribution >= 4 is 5.91 Å². The summed E-state index contributed by atoms with van der Waals surface area (Å²) in [5, 5.41) is 3.26. The maximum Gasteiger partial charge on any atom is 0.227 e. The number of carbonyl (C=O) groups is 1. The van der Waals surface area contributed by atoms with Crippen LogP contribution in [0.15, 0.2) is 0 Å². The van der Waals surface area contributed by atoms with Crippen LogP contribution in [0.3, 0.4) is 0 Å². The molecule has 1 amide bonds. The zero-order valence-corrected chi connectivity index (χ0v) is 8.84. The number of rotatable bonds is 3. The number of hydrogen-bond acceptors (Lipinski definition) is 2. The molecule has 1 aliphatic heterocycles. The minimum absolute atomic E-state index is 0.208. The Morgan fingerprint density at radius 2 is 2.00 bits per heavy atom. The van der Waals surface area contributed by atoms with Gasteiger partial charge in [0.25, 0.3) is 0 Å². The van der Waals surface area contributed by atoms with E-state index in [-0.39, 0.29) is 5.92 Å². The van der Waals surface area contributed by atoms with Crippen LogP contribution >= 0.6 is 0 Å². The van der Waals surface area contributed by atoms with Gasteiger partial charge in [-0.25, -0.2) is 0 Å². The Labute approximate surface area is 80.5 Å². The van der Waals surface area contributed by atoms with Crippen LogP contribution in [0, 0.1) is 11.8 Å². The summed E-state index contributed by atoms with van der Waals surface area (Å²) >= 11 is 0. The first-order valence-corrected chi connectivity index (χ1v) is 5.20. The molecule has 1 N–H and O–H groups in total. The number of carbonyl (C=O) groups excluding carboxylic acids is 1. The van der Waals surface area contributed by atoms with E-state index in [0.717, 1.165) is 26.2 Å². The highest BCUT2D eigenvalue weighted by molar-refractivity contribution is 5.79. The summed E-state index contributed by atoms with van der Waals surface area (Å²) in [6.45, 7) is 9.72. The average molecular weight is 184 g/mol. The molecule has 0 saturated carbocycles. The summed E-state index contributed by atoms with van der Waals surface area (Å²) in [5.74, 6) is 1.02. The van der Waals surface area contributed by atoms with Crippen LogP contribution in [0.25, 0.3) is 0 Å². The average Bonchev–Trinajstić information content (AvgIpc) is 2.53. The fourth-order valence-electron chi connectivity index (χ4n) is 1.91. The smallest absolute Gasteiger partial charge is 0.227 e. The minimum atomic E-state index is 0.208. The Kier molecular flexibility index (Phi) is 3.72. The molecule has 0 bridgehead atoms. The Bertz CT molecular complexity index is 178. The first-order chi connectivity index (χ1) is 6.20. The molecular formula is C10H20N2O. The highest BCUT2D eigenvalue weighted by Gasteiger charge is 2.31. The van der Waals surface area contributed by atoms with Gasteiger partial charge in [-0.3, -0.25) is 4.79 Å². The van der Waals surface area contributed by atoms with Crippen molar-refractivity contribution in [2.24, 2.45) is 11.8 Å². The minimum Gasteiger partial charge on any atom is -0.343 e. The maximum atomic E-state index is 11.9. The van der Waals surface area contributed by atoms with Crippen LogP contribution in [0.4, 0.5) is 0 Å². The molecule has 0 aromatic rings. The second kappa shape index (κ2) is 4.61. The van der Waals surface area contributed by atoms with Crippen LogP contribution in [0.1, 0.15) is 20.8 Å². The van der Waals surface area contributed by atoms with E-state index < -0.39 is 0 Å². The topological polar surface area (TPSA) is 32.3 Å². The normalized spacial score (nSPS) is 27.6. The fourth-order valence-corrected chi connectivity index (χ4v) is 1.91. The summed E-state index contributed by atoms with van der Waals surface area (Å²) in [5.41, 5.74) is 0. The van der Waals surface area contributed by atoms with Gasteiger partial charge >= 0.3 is 0 Å². The molecule has 0 aromatic heterocycles. The molecule has 76 valence electrons. The van der Waals surface area contributed by atoms with Crippen LogP contribution in [0.5, 0.6) is 0 Å². The van der Waals surface area contributed by atoms with E-state index in [1.165, 1.54) is 0 Å².